The van der Waals surface area contributed by atoms with Gasteiger partial charge in [0, 0.05) is 33.5 Å². The third-order valence-corrected chi connectivity index (χ3v) is 17.3. The van der Waals surface area contributed by atoms with Gasteiger partial charge in [-0.05, 0) is 91.7 Å². The van der Waals surface area contributed by atoms with Crippen LogP contribution < -0.4 is 25.4 Å². The first-order valence-corrected chi connectivity index (χ1v) is 30.3. The molecular formula is C50H51N3Si3. The first kappa shape index (κ1) is 37.5. The van der Waals surface area contributed by atoms with Crippen LogP contribution in [0.2, 0.25) is 58.9 Å². The van der Waals surface area contributed by atoms with Crippen LogP contribution in [0.3, 0.4) is 0 Å². The summed E-state index contributed by atoms with van der Waals surface area (Å²) >= 11 is 0. The van der Waals surface area contributed by atoms with Gasteiger partial charge >= 0.3 is 0 Å². The molecular weight excluding hydrogens is 727 g/mol. The second-order valence-corrected chi connectivity index (χ2v) is 33.3. The first-order valence-electron chi connectivity index (χ1n) is 19.8. The van der Waals surface area contributed by atoms with E-state index in [0.29, 0.717) is 5.56 Å². The van der Waals surface area contributed by atoms with Crippen LogP contribution in [0.15, 0.2) is 146 Å². The molecule has 0 aliphatic rings. The Morgan fingerprint density at radius 3 is 1.12 bits per heavy atom. The van der Waals surface area contributed by atoms with Crippen molar-refractivity contribution in [3.63, 3.8) is 0 Å². The Balaban J connectivity index is 1.45. The van der Waals surface area contributed by atoms with Gasteiger partial charge in [-0.15, -0.1) is 0 Å². The van der Waals surface area contributed by atoms with Crippen LogP contribution in [-0.2, 0) is 0 Å². The Kier molecular flexibility index (Phi) is 9.32. The Hall–Kier alpha value is -5.46. The van der Waals surface area contributed by atoms with E-state index in [1.54, 1.807) is 0 Å². The standard InChI is InChI=1S/C50H51N3Si3/c1-54(2,3)46-19-13-10-16-43(46)52(38-28-22-35(34-51)23-29-38)41-32-26-36-25-31-40-42(33-27-37-24-30-39(41)49(36)50(37)40)53(44-17-11-14-20-47(44)55(4,5)6)45-18-12-15-21-48(45)56(7,8)9/h10-33H,1-9H3. The van der Waals surface area contributed by atoms with Crippen molar-refractivity contribution in [1.29, 1.82) is 5.26 Å². The number of nitriles is 1. The van der Waals surface area contributed by atoms with Crippen LogP contribution in [0.25, 0.3) is 32.3 Å². The number of hydrogen-bond acceptors (Lipinski definition) is 3. The summed E-state index contributed by atoms with van der Waals surface area (Å²) in [6, 6.07) is 56.2. The number of para-hydroxylation sites is 3. The first-order chi connectivity index (χ1) is 26.7. The van der Waals surface area contributed by atoms with E-state index >= 15 is 0 Å². The van der Waals surface area contributed by atoms with Crippen LogP contribution in [0.4, 0.5) is 34.1 Å². The minimum atomic E-state index is -1.77. The highest BCUT2D eigenvalue weighted by molar-refractivity contribution is 6.91. The zero-order valence-corrected chi connectivity index (χ0v) is 37.2. The van der Waals surface area contributed by atoms with Crippen molar-refractivity contribution in [3.05, 3.63) is 151 Å². The molecule has 0 N–H and O–H groups in total. The zero-order valence-electron chi connectivity index (χ0n) is 34.2. The molecule has 0 aliphatic heterocycles. The molecule has 8 aromatic carbocycles. The van der Waals surface area contributed by atoms with Gasteiger partial charge in [0.2, 0.25) is 0 Å². The van der Waals surface area contributed by atoms with Crippen LogP contribution in [0.5, 0.6) is 0 Å². The van der Waals surface area contributed by atoms with Gasteiger partial charge in [0.05, 0.1) is 47.2 Å². The quantitative estimate of drug-likeness (QED) is 0.108. The molecule has 0 aliphatic carbocycles. The molecule has 0 unspecified atom stereocenters. The van der Waals surface area contributed by atoms with Gasteiger partial charge in [0.15, 0.2) is 0 Å². The van der Waals surface area contributed by atoms with E-state index < -0.39 is 24.2 Å². The topological polar surface area (TPSA) is 30.3 Å². The van der Waals surface area contributed by atoms with Crippen molar-refractivity contribution in [3.8, 4) is 6.07 Å². The highest BCUT2D eigenvalue weighted by Crippen LogP contribution is 2.47. The van der Waals surface area contributed by atoms with E-state index in [9.17, 15) is 5.26 Å². The van der Waals surface area contributed by atoms with Crippen molar-refractivity contribution in [1.82, 2.24) is 0 Å². The van der Waals surface area contributed by atoms with E-state index in [2.05, 4.69) is 208 Å². The van der Waals surface area contributed by atoms with Crippen molar-refractivity contribution < 1.29 is 0 Å². The average molecular weight is 778 g/mol. The maximum absolute atomic E-state index is 9.71. The predicted octanol–water partition coefficient (Wildman–Crippen LogP) is 13.0. The molecule has 0 saturated carbocycles. The van der Waals surface area contributed by atoms with Crippen LogP contribution in [-0.4, -0.2) is 24.2 Å². The maximum atomic E-state index is 9.71. The second-order valence-electron chi connectivity index (χ2n) is 18.2. The number of anilines is 6. The van der Waals surface area contributed by atoms with Gasteiger partial charge in [-0.1, -0.05) is 150 Å². The number of rotatable bonds is 9. The molecule has 6 heteroatoms. The Morgan fingerprint density at radius 1 is 0.375 bits per heavy atom. The van der Waals surface area contributed by atoms with E-state index in [4.69, 9.17) is 0 Å². The van der Waals surface area contributed by atoms with Gasteiger partial charge in [0.25, 0.3) is 0 Å². The van der Waals surface area contributed by atoms with Gasteiger partial charge in [-0.2, -0.15) is 5.26 Å². The molecule has 0 radical (unpaired) electrons. The molecule has 0 fully saturated rings. The van der Waals surface area contributed by atoms with Gasteiger partial charge < -0.3 is 9.80 Å². The molecule has 0 bridgehead atoms. The van der Waals surface area contributed by atoms with Crippen molar-refractivity contribution >= 4 is 106 Å². The maximum Gasteiger partial charge on any atom is 0.0991 e. The van der Waals surface area contributed by atoms with Crippen molar-refractivity contribution in [2.45, 2.75) is 58.9 Å². The summed E-state index contributed by atoms with van der Waals surface area (Å²) in [6.45, 7) is 22.0. The van der Waals surface area contributed by atoms with E-state index in [1.165, 1.54) is 70.6 Å². The Labute approximate surface area is 335 Å². The fourth-order valence-corrected chi connectivity index (χ4v) is 13.2. The normalized spacial score (nSPS) is 12.4. The summed E-state index contributed by atoms with van der Waals surface area (Å²) in [5.41, 5.74) is 7.81. The van der Waals surface area contributed by atoms with Crippen LogP contribution >= 0.6 is 0 Å². The molecule has 8 aromatic rings. The lowest BCUT2D eigenvalue weighted by atomic mass is 9.91. The third kappa shape index (κ3) is 6.54. The molecule has 278 valence electrons. The second kappa shape index (κ2) is 13.9. The van der Waals surface area contributed by atoms with Gasteiger partial charge in [0.1, 0.15) is 0 Å². The molecule has 0 saturated heterocycles. The van der Waals surface area contributed by atoms with Gasteiger partial charge in [-0.25, -0.2) is 0 Å². The summed E-state index contributed by atoms with van der Waals surface area (Å²) in [4.78, 5) is 5.03. The number of hydrogen-bond donors (Lipinski definition) is 0. The fraction of sp³-hybridized carbons (Fsp3) is 0.180. The molecule has 0 spiro atoms. The molecule has 3 nitrogen and oxygen atoms in total. The zero-order chi connectivity index (χ0) is 39.6. The monoisotopic (exact) mass is 777 g/mol. The predicted molar refractivity (Wildman–Crippen MR) is 253 cm³/mol. The minimum absolute atomic E-state index is 0.658. The SMILES string of the molecule is C[Si](C)(C)c1ccccc1N(c1ccc(C#N)cc1)c1ccc2ccc3c(N(c4ccccc4[Si](C)(C)C)c4ccccc4[Si](C)(C)C)ccc4ccc1c2c43. The molecule has 0 aromatic heterocycles. The summed E-state index contributed by atoms with van der Waals surface area (Å²) in [5, 5.41) is 21.5. The van der Waals surface area contributed by atoms with Gasteiger partial charge in [-0.3, -0.25) is 0 Å². The summed E-state index contributed by atoms with van der Waals surface area (Å²) in [5.74, 6) is 0. The van der Waals surface area contributed by atoms with Crippen molar-refractivity contribution in [2.75, 3.05) is 9.80 Å². The largest absolute Gasteiger partial charge is 0.310 e. The summed E-state index contributed by atoms with van der Waals surface area (Å²) < 4.78 is 0. The fourth-order valence-electron chi connectivity index (χ4n) is 8.55. The smallest absolute Gasteiger partial charge is 0.0991 e. The molecule has 56 heavy (non-hydrogen) atoms. The average Bonchev–Trinajstić information content (AvgIpc) is 3.17. The van der Waals surface area contributed by atoms with E-state index in [0.717, 1.165) is 11.4 Å². The molecule has 8 rings (SSSR count). The summed E-state index contributed by atoms with van der Waals surface area (Å²) in [6.07, 6.45) is 0. The number of nitrogens with zero attached hydrogens (tertiary/aromatic N) is 3. The summed E-state index contributed by atoms with van der Waals surface area (Å²) in [7, 11) is -5.29. The molecule has 0 heterocycles. The number of benzene rings is 8. The highest BCUT2D eigenvalue weighted by Gasteiger charge is 2.31. The Morgan fingerprint density at radius 2 is 0.732 bits per heavy atom. The van der Waals surface area contributed by atoms with E-state index in [1.807, 2.05) is 12.1 Å². The lowest BCUT2D eigenvalue weighted by Crippen LogP contribution is -2.43. The van der Waals surface area contributed by atoms with E-state index in [-0.39, 0.29) is 0 Å². The third-order valence-electron chi connectivity index (χ3n) is 11.2. The lowest BCUT2D eigenvalue weighted by Gasteiger charge is -2.35. The lowest BCUT2D eigenvalue weighted by molar-refractivity contribution is 1.30. The molecule has 0 amide bonds. The minimum Gasteiger partial charge on any atom is -0.310 e. The Bertz CT molecular complexity index is 2720. The van der Waals surface area contributed by atoms with Crippen LogP contribution in [0.1, 0.15) is 5.56 Å². The molecule has 0 atom stereocenters. The van der Waals surface area contributed by atoms with Crippen molar-refractivity contribution in [2.24, 2.45) is 0 Å². The highest BCUT2D eigenvalue weighted by atomic mass is 28.3. The van der Waals surface area contributed by atoms with Crippen LogP contribution in [0, 0.1) is 11.3 Å².